The highest BCUT2D eigenvalue weighted by molar-refractivity contribution is 5.76. The van der Waals surface area contributed by atoms with E-state index in [9.17, 15) is 101 Å². The predicted molar refractivity (Wildman–Crippen MR) is 63.7 cm³/mol. The molecular weight excluding hydrogens is 615 g/mol. The highest BCUT2D eigenvalue weighted by Gasteiger charge is 2.94. The molecule has 0 atom stereocenters. The summed E-state index contributed by atoms with van der Waals surface area (Å²) in [5.41, 5.74) is 0. The van der Waals surface area contributed by atoms with Gasteiger partial charge in [-0.3, -0.25) is 4.70 Å². The van der Waals surface area contributed by atoms with Crippen LogP contribution >= 0.6 is 0 Å². The summed E-state index contributed by atoms with van der Waals surface area (Å²) in [6.45, 7) is 0. The molecule has 0 amide bonds. The van der Waals surface area contributed by atoms with Crippen molar-refractivity contribution in [1.82, 2.24) is 4.90 Å². The molecule has 0 bridgehead atoms. The summed E-state index contributed by atoms with van der Waals surface area (Å²) in [4.78, 5) is 4.48. The SMILES string of the molecule is F.O=C(O)C(F)(F)C(F)(F)N(C(F)(F)C(F)(F)C(F)(F)C(F)(F)F)C(F)(F)C(F)(F)C(F)(F)C(F)(F)F. The third-order valence-corrected chi connectivity index (χ3v) is 3.75. The second-order valence-electron chi connectivity index (χ2n) is 6.13. The maximum Gasteiger partial charge on any atom is 0.460 e. The molecule has 1 N–H and O–H groups in total. The van der Waals surface area contributed by atoms with Crippen molar-refractivity contribution in [3.8, 4) is 0 Å². The smallest absolute Gasteiger partial charge is 0.460 e. The molecule has 0 spiro atoms. The van der Waals surface area contributed by atoms with Gasteiger partial charge in [0.1, 0.15) is 0 Å². The summed E-state index contributed by atoms with van der Waals surface area (Å²) >= 11 is 0. The van der Waals surface area contributed by atoms with Gasteiger partial charge in [0.05, 0.1) is 0 Å². The maximum atomic E-state index is 13.7. The Labute approximate surface area is 183 Å². The number of rotatable bonds is 9. The minimum Gasteiger partial charge on any atom is -0.477 e. The lowest BCUT2D eigenvalue weighted by atomic mass is 10.0. The zero-order chi connectivity index (χ0) is 30.2. The van der Waals surface area contributed by atoms with Crippen molar-refractivity contribution in [2.45, 2.75) is 60.1 Å². The lowest BCUT2D eigenvalue weighted by molar-refractivity contribution is -0.512. The van der Waals surface area contributed by atoms with Crippen LogP contribution in [0.4, 0.5) is 101 Å². The summed E-state index contributed by atoms with van der Waals surface area (Å²) in [7, 11) is 0. The largest absolute Gasteiger partial charge is 0.477 e. The van der Waals surface area contributed by atoms with Crippen molar-refractivity contribution in [2.75, 3.05) is 0 Å². The summed E-state index contributed by atoms with van der Waals surface area (Å²) in [6.07, 6.45) is -16.4. The zero-order valence-electron chi connectivity index (χ0n) is 15.5. The molecule has 0 aromatic heterocycles. The highest BCUT2D eigenvalue weighted by atomic mass is 19.4. The molecule has 0 fully saturated rings. The maximum absolute atomic E-state index is 13.7. The molecule has 0 aromatic carbocycles. The van der Waals surface area contributed by atoms with E-state index in [1.807, 2.05) is 0 Å². The lowest BCUT2D eigenvalue weighted by Gasteiger charge is -2.48. The van der Waals surface area contributed by atoms with Crippen molar-refractivity contribution < 1.29 is 111 Å². The molecule has 0 saturated carbocycles. The molecule has 0 aromatic rings. The fourth-order valence-corrected chi connectivity index (χ4v) is 1.81. The van der Waals surface area contributed by atoms with E-state index in [1.165, 1.54) is 0 Å². The number of halogens is 23. The minimum atomic E-state index is -9.33. The fourth-order valence-electron chi connectivity index (χ4n) is 1.81. The van der Waals surface area contributed by atoms with E-state index in [2.05, 4.69) is 0 Å². The summed E-state index contributed by atoms with van der Waals surface area (Å²) in [5.74, 6) is -48.5. The van der Waals surface area contributed by atoms with Gasteiger partial charge in [0.2, 0.25) is 0 Å². The number of nitrogens with zero attached hydrogens (tertiary/aromatic N) is 1. The molecule has 0 rings (SSSR count). The van der Waals surface area contributed by atoms with Gasteiger partial charge < -0.3 is 5.11 Å². The van der Waals surface area contributed by atoms with Crippen LogP contribution in [-0.2, 0) is 4.79 Å². The molecule has 0 saturated heterocycles. The molecule has 26 heteroatoms. The van der Waals surface area contributed by atoms with Crippen LogP contribution in [0.15, 0.2) is 0 Å². The van der Waals surface area contributed by atoms with E-state index in [0.29, 0.717) is 0 Å². The molecule has 0 radical (unpaired) electrons. The molecule has 0 aliphatic rings. The van der Waals surface area contributed by atoms with Crippen LogP contribution in [0.3, 0.4) is 0 Å². The van der Waals surface area contributed by atoms with Crippen LogP contribution in [0, 0.1) is 0 Å². The van der Waals surface area contributed by atoms with Crippen molar-refractivity contribution in [3.63, 3.8) is 0 Å². The van der Waals surface area contributed by atoms with Gasteiger partial charge in [-0.2, -0.15) is 96.6 Å². The Morgan fingerprint density at radius 2 is 0.649 bits per heavy atom. The van der Waals surface area contributed by atoms with Crippen molar-refractivity contribution in [1.29, 1.82) is 0 Å². The van der Waals surface area contributed by atoms with Crippen LogP contribution < -0.4 is 0 Å². The van der Waals surface area contributed by atoms with E-state index in [0.717, 1.165) is 0 Å². The molecule has 0 aliphatic heterocycles. The Bertz CT molecular complexity index is 787. The van der Waals surface area contributed by atoms with Gasteiger partial charge in [-0.25, -0.2) is 4.79 Å². The molecule has 0 heterocycles. The summed E-state index contributed by atoms with van der Waals surface area (Å²) in [5, 5.41) is 7.76. The van der Waals surface area contributed by atoms with Crippen LogP contribution in [-0.4, -0.2) is 76.1 Å². The second-order valence-corrected chi connectivity index (χ2v) is 6.13. The summed E-state index contributed by atoms with van der Waals surface area (Å²) < 4.78 is 285. The van der Waals surface area contributed by atoms with Crippen LogP contribution in [0.25, 0.3) is 0 Å². The first kappa shape index (κ1) is 37.0. The van der Waals surface area contributed by atoms with E-state index < -0.39 is 71.0 Å². The molecular formula is C11H2F23NO2. The average Bonchev–Trinajstić information content (AvgIpc) is 2.57. The Balaban J connectivity index is 0. The van der Waals surface area contributed by atoms with E-state index in [1.54, 1.807) is 0 Å². The topological polar surface area (TPSA) is 40.5 Å². The van der Waals surface area contributed by atoms with Crippen molar-refractivity contribution in [3.05, 3.63) is 0 Å². The molecule has 3 nitrogen and oxygen atoms in total. The van der Waals surface area contributed by atoms with Gasteiger partial charge in [0.25, 0.3) is 0 Å². The van der Waals surface area contributed by atoms with Gasteiger partial charge in [0.15, 0.2) is 0 Å². The van der Waals surface area contributed by atoms with E-state index in [-0.39, 0.29) is 4.70 Å². The monoisotopic (exact) mass is 617 g/mol. The van der Waals surface area contributed by atoms with Crippen LogP contribution in [0.5, 0.6) is 0 Å². The second kappa shape index (κ2) is 8.94. The third kappa shape index (κ3) is 4.76. The number of carbonyl (C=O) groups is 1. The number of aliphatic carboxylic acids is 1. The van der Waals surface area contributed by atoms with Crippen molar-refractivity contribution in [2.24, 2.45) is 0 Å². The first-order valence-corrected chi connectivity index (χ1v) is 7.26. The molecule has 224 valence electrons. The Morgan fingerprint density at radius 3 is 0.811 bits per heavy atom. The number of carboxylic acids is 1. The normalized spacial score (nSPS) is 16.1. The van der Waals surface area contributed by atoms with Gasteiger partial charge in [-0.15, -0.1) is 4.90 Å². The van der Waals surface area contributed by atoms with Crippen LogP contribution in [0.2, 0.25) is 0 Å². The van der Waals surface area contributed by atoms with Gasteiger partial charge >= 0.3 is 66.1 Å². The molecule has 0 unspecified atom stereocenters. The Hall–Kier alpha value is -2.18. The Morgan fingerprint density at radius 1 is 0.432 bits per heavy atom. The minimum absolute atomic E-state index is 0. The number of carboxylic acid groups (broad SMARTS) is 1. The van der Waals surface area contributed by atoms with E-state index in [4.69, 9.17) is 5.11 Å². The van der Waals surface area contributed by atoms with E-state index >= 15 is 0 Å². The third-order valence-electron chi connectivity index (χ3n) is 3.75. The summed E-state index contributed by atoms with van der Waals surface area (Å²) in [6, 6.07) is -27.5. The highest BCUT2D eigenvalue weighted by Crippen LogP contribution is 2.63. The number of hydrogen-bond acceptors (Lipinski definition) is 2. The standard InChI is InChI=1S/C11HF22NO2.FH/c12-2(13,1(35)36)9(28,29)34(10(30,31)5(18,19)3(14,15)7(22,23)24)11(32,33)6(20,21)4(16,17)8(25,26)27;/h(H,35,36);1H. The number of alkyl halides is 22. The Kier molecular flexibility index (Phi) is 8.94. The predicted octanol–water partition coefficient (Wildman–Crippen LogP) is 6.61. The van der Waals surface area contributed by atoms with Crippen LogP contribution in [0.1, 0.15) is 0 Å². The van der Waals surface area contributed by atoms with Gasteiger partial charge in [0, 0.05) is 0 Å². The quantitative estimate of drug-likeness (QED) is 0.234. The van der Waals surface area contributed by atoms with Gasteiger partial charge in [-0.1, -0.05) is 0 Å². The zero-order valence-corrected chi connectivity index (χ0v) is 15.5. The van der Waals surface area contributed by atoms with Gasteiger partial charge in [-0.05, 0) is 0 Å². The molecule has 37 heavy (non-hydrogen) atoms. The first-order valence-electron chi connectivity index (χ1n) is 7.26. The number of hydrogen-bond donors (Lipinski definition) is 1. The molecule has 0 aliphatic carbocycles. The van der Waals surface area contributed by atoms with Crippen molar-refractivity contribution >= 4 is 5.97 Å². The first-order chi connectivity index (χ1) is 15.1. The fraction of sp³-hybridized carbons (Fsp3) is 0.909. The lowest BCUT2D eigenvalue weighted by Crippen LogP contribution is -2.80. The average molecular weight is 617 g/mol.